The molecule has 16 heavy (non-hydrogen) atoms. The van der Waals surface area contributed by atoms with Gasteiger partial charge in [-0.05, 0) is 24.3 Å². The normalized spacial score (nSPS) is 10.0. The van der Waals surface area contributed by atoms with Crippen LogP contribution in [0.15, 0.2) is 59.0 Å². The van der Waals surface area contributed by atoms with E-state index in [1.807, 2.05) is 54.6 Å². The molecule has 0 spiro atoms. The molecule has 0 aliphatic rings. The van der Waals surface area contributed by atoms with Gasteiger partial charge in [0.05, 0.1) is 0 Å². The molecule has 2 nitrogen and oxygen atoms in total. The molecule has 0 amide bonds. The smallest absolute Gasteiger partial charge is 0.227 e. The van der Waals surface area contributed by atoms with Crippen LogP contribution in [0.5, 0.6) is 0 Å². The van der Waals surface area contributed by atoms with Crippen molar-refractivity contribution in [3.05, 3.63) is 54.6 Å². The minimum atomic E-state index is 0. The minimum Gasteiger partial charge on any atom is -0.436 e. The van der Waals surface area contributed by atoms with E-state index < -0.39 is 0 Å². The van der Waals surface area contributed by atoms with Gasteiger partial charge in [-0.25, -0.2) is 4.98 Å². The van der Waals surface area contributed by atoms with E-state index in [4.69, 9.17) is 4.42 Å². The number of oxazole rings is 1. The average Bonchev–Trinajstić information content (AvgIpc) is 2.74. The van der Waals surface area contributed by atoms with E-state index >= 15 is 0 Å². The molecule has 0 N–H and O–H groups in total. The van der Waals surface area contributed by atoms with Crippen molar-refractivity contribution in [2.24, 2.45) is 0 Å². The second-order valence-corrected chi connectivity index (χ2v) is 3.35. The quantitative estimate of drug-likeness (QED) is 0.568. The molecular weight excluding hydrogens is 193 g/mol. The SMILES string of the molecule is [LiH].c1ccc(-c2nc3ccccc3o2)cc1. The van der Waals surface area contributed by atoms with Crippen molar-refractivity contribution in [2.45, 2.75) is 0 Å². The van der Waals surface area contributed by atoms with Crippen molar-refractivity contribution in [1.29, 1.82) is 0 Å². The molecule has 1 aromatic heterocycles. The Kier molecular flexibility index (Phi) is 3.14. The van der Waals surface area contributed by atoms with Crippen molar-refractivity contribution in [1.82, 2.24) is 4.98 Å². The van der Waals surface area contributed by atoms with Gasteiger partial charge in [-0.15, -0.1) is 0 Å². The van der Waals surface area contributed by atoms with Gasteiger partial charge < -0.3 is 4.42 Å². The maximum atomic E-state index is 5.64. The molecule has 0 fully saturated rings. The maximum Gasteiger partial charge on any atom is 0.227 e. The molecular formula is C13H10LiNO. The summed E-state index contributed by atoms with van der Waals surface area (Å²) in [6, 6.07) is 17.7. The van der Waals surface area contributed by atoms with Gasteiger partial charge in [-0.2, -0.15) is 0 Å². The van der Waals surface area contributed by atoms with Crippen molar-refractivity contribution in [3.63, 3.8) is 0 Å². The average molecular weight is 203 g/mol. The zero-order valence-corrected chi connectivity index (χ0v) is 8.05. The van der Waals surface area contributed by atoms with Crippen LogP contribution in [0.2, 0.25) is 0 Å². The van der Waals surface area contributed by atoms with E-state index in [1.54, 1.807) is 0 Å². The Bertz CT molecular complexity index is 556. The molecule has 0 aliphatic carbocycles. The zero-order valence-electron chi connectivity index (χ0n) is 8.05. The van der Waals surface area contributed by atoms with Crippen molar-refractivity contribution < 1.29 is 4.42 Å². The summed E-state index contributed by atoms with van der Waals surface area (Å²) in [4.78, 5) is 4.42. The molecule has 0 bridgehead atoms. The summed E-state index contributed by atoms with van der Waals surface area (Å²) in [6.45, 7) is 0. The Morgan fingerprint density at radius 3 is 2.25 bits per heavy atom. The standard InChI is InChI=1S/C13H9NO.Li.H/c1-2-6-10(7-3-1)13-14-11-8-4-5-9-12(11)15-13;;/h1-9H;;. The van der Waals surface area contributed by atoms with E-state index in [0.29, 0.717) is 5.89 Å². The van der Waals surface area contributed by atoms with Crippen LogP contribution in [0.4, 0.5) is 0 Å². The Morgan fingerprint density at radius 2 is 1.50 bits per heavy atom. The molecule has 0 saturated carbocycles. The first kappa shape index (κ1) is 11.0. The molecule has 3 heteroatoms. The van der Waals surface area contributed by atoms with Crippen LogP contribution in [0.3, 0.4) is 0 Å². The first-order valence-electron chi connectivity index (χ1n) is 4.84. The van der Waals surface area contributed by atoms with Gasteiger partial charge in [-0.1, -0.05) is 30.3 Å². The molecule has 2 aromatic carbocycles. The third-order valence-corrected chi connectivity index (χ3v) is 2.31. The van der Waals surface area contributed by atoms with Crippen LogP contribution in [-0.2, 0) is 0 Å². The fourth-order valence-electron chi connectivity index (χ4n) is 1.58. The van der Waals surface area contributed by atoms with Gasteiger partial charge in [0.2, 0.25) is 5.89 Å². The summed E-state index contributed by atoms with van der Waals surface area (Å²) in [6.07, 6.45) is 0. The van der Waals surface area contributed by atoms with Crippen molar-refractivity contribution in [3.8, 4) is 11.5 Å². The fraction of sp³-hybridized carbons (Fsp3) is 0. The Morgan fingerprint density at radius 1 is 0.812 bits per heavy atom. The second kappa shape index (κ2) is 4.57. The van der Waals surface area contributed by atoms with Gasteiger partial charge in [-0.3, -0.25) is 0 Å². The van der Waals surface area contributed by atoms with E-state index in [-0.39, 0.29) is 18.9 Å². The minimum absolute atomic E-state index is 0. The zero-order chi connectivity index (χ0) is 10.1. The third kappa shape index (κ3) is 1.90. The predicted molar refractivity (Wildman–Crippen MR) is 66.6 cm³/mol. The van der Waals surface area contributed by atoms with E-state index in [1.165, 1.54) is 0 Å². The largest absolute Gasteiger partial charge is 0.436 e. The number of hydrogen-bond donors (Lipinski definition) is 0. The van der Waals surface area contributed by atoms with Crippen molar-refractivity contribution in [2.75, 3.05) is 0 Å². The summed E-state index contributed by atoms with van der Waals surface area (Å²) in [5.41, 5.74) is 2.74. The number of benzene rings is 2. The number of rotatable bonds is 1. The number of para-hydroxylation sites is 2. The van der Waals surface area contributed by atoms with Crippen molar-refractivity contribution >= 4 is 30.0 Å². The van der Waals surface area contributed by atoms with E-state index in [2.05, 4.69) is 4.98 Å². The van der Waals surface area contributed by atoms with Crippen LogP contribution in [0, 0.1) is 0 Å². The molecule has 3 rings (SSSR count). The molecule has 1 heterocycles. The van der Waals surface area contributed by atoms with Crippen LogP contribution in [-0.4, -0.2) is 23.8 Å². The number of nitrogens with zero attached hydrogens (tertiary/aromatic N) is 1. The van der Waals surface area contributed by atoms with Gasteiger partial charge >= 0.3 is 18.9 Å². The van der Waals surface area contributed by atoms with Gasteiger partial charge in [0.15, 0.2) is 5.58 Å². The Labute approximate surface area is 105 Å². The molecule has 0 saturated heterocycles. The number of hydrogen-bond acceptors (Lipinski definition) is 2. The predicted octanol–water partition coefficient (Wildman–Crippen LogP) is 2.85. The van der Waals surface area contributed by atoms with Crippen LogP contribution in [0.1, 0.15) is 0 Å². The van der Waals surface area contributed by atoms with Crippen LogP contribution >= 0.6 is 0 Å². The molecule has 74 valence electrons. The molecule has 0 atom stereocenters. The topological polar surface area (TPSA) is 26.0 Å². The van der Waals surface area contributed by atoms with Crippen LogP contribution in [0.25, 0.3) is 22.6 Å². The first-order valence-corrected chi connectivity index (χ1v) is 4.84. The van der Waals surface area contributed by atoms with Gasteiger partial charge in [0.25, 0.3) is 0 Å². The third-order valence-electron chi connectivity index (χ3n) is 2.31. The molecule has 3 aromatic rings. The summed E-state index contributed by atoms with van der Waals surface area (Å²) in [5.74, 6) is 0.678. The Balaban J connectivity index is 0.000000963. The first-order chi connectivity index (χ1) is 7.43. The molecule has 0 radical (unpaired) electrons. The van der Waals surface area contributed by atoms with Crippen LogP contribution < -0.4 is 0 Å². The monoisotopic (exact) mass is 203 g/mol. The van der Waals surface area contributed by atoms with E-state index in [9.17, 15) is 0 Å². The molecule has 0 unspecified atom stereocenters. The summed E-state index contributed by atoms with van der Waals surface area (Å²) >= 11 is 0. The number of fused-ring (bicyclic) bond motifs is 1. The van der Waals surface area contributed by atoms with Gasteiger partial charge in [0.1, 0.15) is 5.52 Å². The molecule has 0 aliphatic heterocycles. The maximum absolute atomic E-state index is 5.64. The second-order valence-electron chi connectivity index (χ2n) is 3.35. The Hall–Kier alpha value is -1.49. The summed E-state index contributed by atoms with van der Waals surface area (Å²) < 4.78 is 5.64. The summed E-state index contributed by atoms with van der Waals surface area (Å²) in [5, 5.41) is 0. The fourth-order valence-corrected chi connectivity index (χ4v) is 1.58. The van der Waals surface area contributed by atoms with E-state index in [0.717, 1.165) is 16.7 Å². The summed E-state index contributed by atoms with van der Waals surface area (Å²) in [7, 11) is 0. The van der Waals surface area contributed by atoms with Gasteiger partial charge in [0, 0.05) is 5.56 Å². The number of aromatic nitrogens is 1.